The van der Waals surface area contributed by atoms with Gasteiger partial charge in [-0.05, 0) is 38.4 Å². The SMILES string of the molecule is CC1(CCCN)COC(=O)N1c1ccccc1. The van der Waals surface area contributed by atoms with Gasteiger partial charge in [0.05, 0.1) is 5.54 Å². The van der Waals surface area contributed by atoms with Crippen LogP contribution in [-0.2, 0) is 4.74 Å². The smallest absolute Gasteiger partial charge is 0.415 e. The summed E-state index contributed by atoms with van der Waals surface area (Å²) in [4.78, 5) is 13.6. The summed E-state index contributed by atoms with van der Waals surface area (Å²) in [5.74, 6) is 0. The van der Waals surface area contributed by atoms with Crippen molar-refractivity contribution in [3.8, 4) is 0 Å². The van der Waals surface area contributed by atoms with Gasteiger partial charge in [-0.1, -0.05) is 18.2 Å². The van der Waals surface area contributed by atoms with Gasteiger partial charge in [0.25, 0.3) is 0 Å². The van der Waals surface area contributed by atoms with E-state index in [2.05, 4.69) is 0 Å². The lowest BCUT2D eigenvalue weighted by atomic mass is 9.95. The van der Waals surface area contributed by atoms with Crippen molar-refractivity contribution in [2.45, 2.75) is 25.3 Å². The zero-order valence-corrected chi connectivity index (χ0v) is 10.1. The maximum absolute atomic E-state index is 11.8. The monoisotopic (exact) mass is 234 g/mol. The predicted octanol–water partition coefficient (Wildman–Crippen LogP) is 2.14. The lowest BCUT2D eigenvalue weighted by Gasteiger charge is -2.31. The molecule has 2 N–H and O–H groups in total. The molecule has 4 heteroatoms. The number of anilines is 1. The first-order valence-corrected chi connectivity index (χ1v) is 5.89. The molecular formula is C13H18N2O2. The molecule has 1 unspecified atom stereocenters. The Hall–Kier alpha value is -1.55. The molecule has 0 bridgehead atoms. The average molecular weight is 234 g/mol. The fraction of sp³-hybridized carbons (Fsp3) is 0.462. The van der Waals surface area contributed by atoms with Crippen molar-refractivity contribution in [3.63, 3.8) is 0 Å². The van der Waals surface area contributed by atoms with Crippen molar-refractivity contribution >= 4 is 11.8 Å². The number of hydrogen-bond acceptors (Lipinski definition) is 3. The third kappa shape index (κ3) is 2.26. The standard InChI is InChI=1S/C13H18N2O2/c1-13(8-5-9-14)10-17-12(16)15(13)11-6-3-2-4-7-11/h2-4,6-7H,5,8-10,14H2,1H3. The Morgan fingerprint density at radius 1 is 1.41 bits per heavy atom. The maximum Gasteiger partial charge on any atom is 0.415 e. The summed E-state index contributed by atoms with van der Waals surface area (Å²) in [6.45, 7) is 3.10. The summed E-state index contributed by atoms with van der Waals surface area (Å²) in [5, 5.41) is 0. The molecule has 0 aliphatic carbocycles. The van der Waals surface area contributed by atoms with E-state index in [1.54, 1.807) is 4.90 Å². The van der Waals surface area contributed by atoms with Gasteiger partial charge in [-0.3, -0.25) is 4.90 Å². The Morgan fingerprint density at radius 3 is 2.76 bits per heavy atom. The number of rotatable bonds is 4. The molecule has 92 valence electrons. The Bertz CT molecular complexity index is 394. The number of carbonyl (C=O) groups excluding carboxylic acids is 1. The molecule has 1 aromatic carbocycles. The molecule has 0 radical (unpaired) electrons. The van der Waals surface area contributed by atoms with Crippen LogP contribution in [0.15, 0.2) is 30.3 Å². The number of nitrogens with zero attached hydrogens (tertiary/aromatic N) is 1. The minimum atomic E-state index is -0.280. The minimum Gasteiger partial charge on any atom is -0.447 e. The van der Waals surface area contributed by atoms with Crippen molar-refractivity contribution in [3.05, 3.63) is 30.3 Å². The Labute approximate surface area is 101 Å². The van der Waals surface area contributed by atoms with E-state index in [1.165, 1.54) is 0 Å². The average Bonchev–Trinajstić information content (AvgIpc) is 2.64. The van der Waals surface area contributed by atoms with Crippen LogP contribution in [0.3, 0.4) is 0 Å². The first kappa shape index (κ1) is 11.9. The van der Waals surface area contributed by atoms with Crippen LogP contribution in [0.25, 0.3) is 0 Å². The van der Waals surface area contributed by atoms with Gasteiger partial charge >= 0.3 is 6.09 Å². The van der Waals surface area contributed by atoms with Crippen LogP contribution in [-0.4, -0.2) is 24.8 Å². The van der Waals surface area contributed by atoms with Crippen LogP contribution in [0.1, 0.15) is 19.8 Å². The number of hydrogen-bond donors (Lipinski definition) is 1. The highest BCUT2D eigenvalue weighted by Crippen LogP contribution is 2.33. The summed E-state index contributed by atoms with van der Waals surface area (Å²) in [5.41, 5.74) is 6.14. The van der Waals surface area contributed by atoms with Crippen LogP contribution in [0, 0.1) is 0 Å². The van der Waals surface area contributed by atoms with Gasteiger partial charge < -0.3 is 10.5 Å². The number of para-hydroxylation sites is 1. The number of cyclic esters (lactones) is 1. The molecule has 17 heavy (non-hydrogen) atoms. The van der Waals surface area contributed by atoms with Crippen LogP contribution in [0.4, 0.5) is 10.5 Å². The molecule has 1 aliphatic heterocycles. The van der Waals surface area contributed by atoms with Crippen molar-refractivity contribution in [1.82, 2.24) is 0 Å². The number of benzene rings is 1. The predicted molar refractivity (Wildman–Crippen MR) is 67.0 cm³/mol. The van der Waals surface area contributed by atoms with Crippen molar-refractivity contribution in [2.75, 3.05) is 18.1 Å². The van der Waals surface area contributed by atoms with Crippen LogP contribution in [0.5, 0.6) is 0 Å². The van der Waals surface area contributed by atoms with Crippen LogP contribution < -0.4 is 10.6 Å². The third-order valence-corrected chi connectivity index (χ3v) is 3.16. The summed E-state index contributed by atoms with van der Waals surface area (Å²) in [6.07, 6.45) is 1.47. The fourth-order valence-corrected chi connectivity index (χ4v) is 2.23. The second-order valence-electron chi connectivity index (χ2n) is 4.61. The van der Waals surface area contributed by atoms with Crippen molar-refractivity contribution in [2.24, 2.45) is 5.73 Å². The Kier molecular flexibility index (Phi) is 3.33. The van der Waals surface area contributed by atoms with Gasteiger partial charge in [0.1, 0.15) is 6.61 Å². The molecule has 1 amide bonds. The first-order chi connectivity index (χ1) is 8.17. The van der Waals surface area contributed by atoms with Crippen molar-refractivity contribution < 1.29 is 9.53 Å². The molecule has 1 saturated heterocycles. The lowest BCUT2D eigenvalue weighted by molar-refractivity contribution is 0.173. The molecule has 1 atom stereocenters. The van der Waals surface area contributed by atoms with E-state index in [4.69, 9.17) is 10.5 Å². The topological polar surface area (TPSA) is 55.6 Å². The molecule has 0 spiro atoms. The molecule has 2 rings (SSSR count). The largest absolute Gasteiger partial charge is 0.447 e. The molecule has 0 aromatic heterocycles. The van der Waals surface area contributed by atoms with Crippen LogP contribution in [0.2, 0.25) is 0 Å². The summed E-state index contributed by atoms with van der Waals surface area (Å²) < 4.78 is 5.18. The maximum atomic E-state index is 11.8. The van der Waals surface area contributed by atoms with E-state index in [1.807, 2.05) is 37.3 Å². The van der Waals surface area contributed by atoms with E-state index < -0.39 is 0 Å². The Morgan fingerprint density at radius 2 is 2.12 bits per heavy atom. The van der Waals surface area contributed by atoms with Gasteiger partial charge in [-0.15, -0.1) is 0 Å². The highest BCUT2D eigenvalue weighted by Gasteiger charge is 2.43. The summed E-state index contributed by atoms with van der Waals surface area (Å²) in [6, 6.07) is 9.62. The molecular weight excluding hydrogens is 216 g/mol. The number of amides is 1. The minimum absolute atomic E-state index is 0.268. The third-order valence-electron chi connectivity index (χ3n) is 3.16. The van der Waals surface area contributed by atoms with Gasteiger partial charge in [0.15, 0.2) is 0 Å². The van der Waals surface area contributed by atoms with E-state index in [0.717, 1.165) is 18.5 Å². The Balaban J connectivity index is 2.25. The van der Waals surface area contributed by atoms with Gasteiger partial charge in [0, 0.05) is 5.69 Å². The van der Waals surface area contributed by atoms with Gasteiger partial charge in [-0.2, -0.15) is 0 Å². The molecule has 1 fully saturated rings. The molecule has 1 heterocycles. The van der Waals surface area contributed by atoms with Crippen molar-refractivity contribution in [1.29, 1.82) is 0 Å². The number of ether oxygens (including phenoxy) is 1. The van der Waals surface area contributed by atoms with Gasteiger partial charge in [-0.25, -0.2) is 4.79 Å². The molecule has 0 saturated carbocycles. The van der Waals surface area contributed by atoms with E-state index in [0.29, 0.717) is 13.2 Å². The van der Waals surface area contributed by atoms with E-state index in [-0.39, 0.29) is 11.6 Å². The fourth-order valence-electron chi connectivity index (χ4n) is 2.23. The first-order valence-electron chi connectivity index (χ1n) is 5.89. The molecule has 4 nitrogen and oxygen atoms in total. The lowest BCUT2D eigenvalue weighted by Crippen LogP contribution is -2.45. The highest BCUT2D eigenvalue weighted by molar-refractivity contribution is 5.91. The molecule has 1 aliphatic rings. The normalized spacial score (nSPS) is 23.9. The second kappa shape index (κ2) is 4.75. The number of nitrogens with two attached hydrogens (primary N) is 1. The van der Waals surface area contributed by atoms with Crippen LogP contribution >= 0.6 is 0 Å². The van der Waals surface area contributed by atoms with E-state index in [9.17, 15) is 4.79 Å². The number of carbonyl (C=O) groups is 1. The quantitative estimate of drug-likeness (QED) is 0.868. The van der Waals surface area contributed by atoms with E-state index >= 15 is 0 Å². The zero-order valence-electron chi connectivity index (χ0n) is 10.1. The highest BCUT2D eigenvalue weighted by atomic mass is 16.6. The molecule has 1 aromatic rings. The second-order valence-corrected chi connectivity index (χ2v) is 4.61. The summed E-state index contributed by atoms with van der Waals surface area (Å²) >= 11 is 0. The summed E-state index contributed by atoms with van der Waals surface area (Å²) in [7, 11) is 0. The zero-order chi connectivity index (χ0) is 12.3. The van der Waals surface area contributed by atoms with Gasteiger partial charge in [0.2, 0.25) is 0 Å².